The number of ether oxygens (including phenoxy) is 1. The van der Waals surface area contributed by atoms with E-state index in [-0.39, 0.29) is 42.9 Å². The molecule has 2 aromatic rings. The number of carbonyl (C=O) groups is 3. The highest BCUT2D eigenvalue weighted by Crippen LogP contribution is 2.47. The van der Waals surface area contributed by atoms with Crippen molar-refractivity contribution in [1.82, 2.24) is 10.2 Å². The van der Waals surface area contributed by atoms with Crippen LogP contribution in [0.3, 0.4) is 0 Å². The van der Waals surface area contributed by atoms with E-state index in [4.69, 9.17) is 4.74 Å². The largest absolute Gasteiger partial charge is 0.481 e. The lowest BCUT2D eigenvalue weighted by Gasteiger charge is -2.33. The van der Waals surface area contributed by atoms with Crippen LogP contribution < -0.4 is 5.32 Å². The predicted octanol–water partition coefficient (Wildman–Crippen LogP) is 4.02. The van der Waals surface area contributed by atoms with E-state index in [0.717, 1.165) is 24.0 Å². The second kappa shape index (κ2) is 9.12. The van der Waals surface area contributed by atoms with E-state index in [9.17, 15) is 19.5 Å². The number of hydrogen-bond donors (Lipinski definition) is 2. The highest BCUT2D eigenvalue weighted by Gasteiger charge is 2.57. The van der Waals surface area contributed by atoms with Gasteiger partial charge in [0.2, 0.25) is 5.91 Å². The fraction of sp³-hybridized carbons (Fsp3) is 0.444. The van der Waals surface area contributed by atoms with Crippen molar-refractivity contribution in [2.75, 3.05) is 13.2 Å². The monoisotopic (exact) mass is 462 g/mol. The molecular formula is C27H30N2O5. The first-order chi connectivity index (χ1) is 16.5. The minimum Gasteiger partial charge on any atom is -0.481 e. The van der Waals surface area contributed by atoms with Gasteiger partial charge in [-0.2, -0.15) is 0 Å². The zero-order chi connectivity index (χ0) is 23.8. The van der Waals surface area contributed by atoms with Crippen LogP contribution in [-0.4, -0.2) is 53.2 Å². The number of amides is 2. The molecule has 2 heterocycles. The SMILES string of the molecule is CCCC(CC(=O)N1CC2CC1C2C(=O)O)NC(=O)OCC1c2ccccc2-c2ccccc21. The van der Waals surface area contributed by atoms with Crippen molar-refractivity contribution in [3.05, 3.63) is 59.7 Å². The highest BCUT2D eigenvalue weighted by atomic mass is 16.5. The summed E-state index contributed by atoms with van der Waals surface area (Å²) in [5.41, 5.74) is 4.64. The topological polar surface area (TPSA) is 95.9 Å². The van der Waals surface area contributed by atoms with E-state index in [1.54, 1.807) is 4.90 Å². The molecule has 34 heavy (non-hydrogen) atoms. The van der Waals surface area contributed by atoms with E-state index < -0.39 is 18.0 Å². The minimum atomic E-state index is -0.821. The molecule has 7 heteroatoms. The molecule has 3 fully saturated rings. The first kappa shape index (κ1) is 22.4. The Labute approximate surface area is 199 Å². The van der Waals surface area contributed by atoms with Crippen LogP contribution in [0.15, 0.2) is 48.5 Å². The Hall–Kier alpha value is -3.35. The molecule has 2 aliphatic carbocycles. The smallest absolute Gasteiger partial charge is 0.407 e. The van der Waals surface area contributed by atoms with Crippen LogP contribution in [0.2, 0.25) is 0 Å². The number of fused-ring (bicyclic) bond motifs is 4. The van der Waals surface area contributed by atoms with Gasteiger partial charge in [-0.1, -0.05) is 61.9 Å². The summed E-state index contributed by atoms with van der Waals surface area (Å²) in [6.07, 6.45) is 1.86. The first-order valence-electron chi connectivity index (χ1n) is 12.1. The molecule has 2 aliphatic heterocycles. The van der Waals surface area contributed by atoms with Crippen molar-refractivity contribution in [1.29, 1.82) is 0 Å². The quantitative estimate of drug-likeness (QED) is 0.618. The zero-order valence-corrected chi connectivity index (χ0v) is 19.3. The van der Waals surface area contributed by atoms with Crippen molar-refractivity contribution < 1.29 is 24.2 Å². The van der Waals surface area contributed by atoms with Crippen LogP contribution in [0.1, 0.15) is 49.7 Å². The van der Waals surface area contributed by atoms with Gasteiger partial charge < -0.3 is 20.1 Å². The molecule has 0 radical (unpaired) electrons. The summed E-state index contributed by atoms with van der Waals surface area (Å²) in [7, 11) is 0. The fourth-order valence-corrected chi connectivity index (χ4v) is 5.98. The van der Waals surface area contributed by atoms with E-state index in [1.165, 1.54) is 11.1 Å². The van der Waals surface area contributed by atoms with Crippen molar-refractivity contribution in [2.24, 2.45) is 11.8 Å². The van der Waals surface area contributed by atoms with Crippen molar-refractivity contribution >= 4 is 18.0 Å². The molecule has 178 valence electrons. The molecule has 2 bridgehead atoms. The average Bonchev–Trinajstić information content (AvgIpc) is 3.49. The van der Waals surface area contributed by atoms with Gasteiger partial charge in [-0.25, -0.2) is 4.79 Å². The summed E-state index contributed by atoms with van der Waals surface area (Å²) < 4.78 is 5.65. The van der Waals surface area contributed by atoms with Crippen LogP contribution >= 0.6 is 0 Å². The van der Waals surface area contributed by atoms with Crippen molar-refractivity contribution in [3.8, 4) is 11.1 Å². The number of alkyl carbamates (subject to hydrolysis) is 1. The lowest BCUT2D eigenvalue weighted by molar-refractivity contribution is -0.148. The number of hydrogen-bond acceptors (Lipinski definition) is 4. The molecule has 0 spiro atoms. The lowest BCUT2D eigenvalue weighted by Crippen LogP contribution is -2.46. The number of benzene rings is 2. The number of nitrogens with zero attached hydrogens (tertiary/aromatic N) is 1. The number of aliphatic carboxylic acids is 1. The number of carboxylic acid groups (broad SMARTS) is 1. The molecule has 0 aromatic heterocycles. The third-order valence-electron chi connectivity index (χ3n) is 7.63. The van der Waals surface area contributed by atoms with Gasteiger partial charge in [0.1, 0.15) is 6.61 Å². The van der Waals surface area contributed by atoms with Crippen LogP contribution in [-0.2, 0) is 14.3 Å². The summed E-state index contributed by atoms with van der Waals surface area (Å²) in [6, 6.07) is 15.8. The Kier molecular flexibility index (Phi) is 6.02. The molecule has 2 N–H and O–H groups in total. The van der Waals surface area contributed by atoms with Gasteiger partial charge in [0.05, 0.1) is 5.92 Å². The molecular weight excluding hydrogens is 432 g/mol. The van der Waals surface area contributed by atoms with Crippen molar-refractivity contribution in [3.63, 3.8) is 0 Å². The summed E-state index contributed by atoms with van der Waals surface area (Å²) in [5, 5.41) is 12.2. The standard InChI is InChI=1S/C27H30N2O5/c1-2-7-17(13-24(30)29-14-16-12-23(29)25(16)26(31)32)28-27(33)34-15-22-20-10-5-3-8-18(20)19-9-4-6-11-21(19)22/h3-6,8-11,16-17,22-23,25H,2,7,12-15H2,1H3,(H,28,33)(H,31,32). The van der Waals surface area contributed by atoms with Crippen LogP contribution in [0, 0.1) is 11.8 Å². The van der Waals surface area contributed by atoms with Gasteiger partial charge in [-0.3, -0.25) is 9.59 Å². The Balaban J connectivity index is 1.19. The first-order valence-corrected chi connectivity index (χ1v) is 12.1. The maximum atomic E-state index is 12.9. The number of carbonyl (C=O) groups excluding carboxylic acids is 2. The third kappa shape index (κ3) is 3.93. The summed E-state index contributed by atoms with van der Waals surface area (Å²) >= 11 is 0. The summed E-state index contributed by atoms with van der Waals surface area (Å²) in [6.45, 7) is 2.73. The molecule has 4 aliphatic rings. The molecule has 1 saturated carbocycles. The maximum absolute atomic E-state index is 12.9. The average molecular weight is 463 g/mol. The maximum Gasteiger partial charge on any atom is 0.407 e. The van der Waals surface area contributed by atoms with E-state index in [2.05, 4.69) is 29.6 Å². The summed E-state index contributed by atoms with van der Waals surface area (Å²) in [5.74, 6) is -1.31. The molecule has 6 rings (SSSR count). The Bertz CT molecular complexity index is 1070. The molecule has 4 unspecified atom stereocenters. The Morgan fingerprint density at radius 1 is 1.09 bits per heavy atom. The van der Waals surface area contributed by atoms with Crippen molar-refractivity contribution in [2.45, 2.75) is 50.6 Å². The molecule has 2 aromatic carbocycles. The van der Waals surface area contributed by atoms with Gasteiger partial charge in [0, 0.05) is 31.0 Å². The fourth-order valence-electron chi connectivity index (χ4n) is 5.98. The number of nitrogens with one attached hydrogen (secondary N) is 1. The van der Waals surface area contributed by atoms with E-state index >= 15 is 0 Å². The lowest BCUT2D eigenvalue weighted by atomic mass is 9.74. The number of carboxylic acids is 1. The van der Waals surface area contributed by atoms with Gasteiger partial charge in [0.15, 0.2) is 0 Å². The normalized spacial score (nSPS) is 23.0. The molecule has 2 amide bonds. The van der Waals surface area contributed by atoms with Gasteiger partial charge in [-0.15, -0.1) is 0 Å². The number of rotatable bonds is 8. The molecule has 7 nitrogen and oxygen atoms in total. The highest BCUT2D eigenvalue weighted by molar-refractivity contribution is 5.82. The second-order valence-corrected chi connectivity index (χ2v) is 9.63. The Morgan fingerprint density at radius 2 is 1.74 bits per heavy atom. The van der Waals surface area contributed by atoms with Crippen LogP contribution in [0.25, 0.3) is 11.1 Å². The zero-order valence-electron chi connectivity index (χ0n) is 19.3. The molecule has 2 saturated heterocycles. The third-order valence-corrected chi connectivity index (χ3v) is 7.63. The Morgan fingerprint density at radius 3 is 2.32 bits per heavy atom. The van der Waals surface area contributed by atoms with Crippen LogP contribution in [0.5, 0.6) is 0 Å². The summed E-state index contributed by atoms with van der Waals surface area (Å²) in [4.78, 5) is 38.7. The minimum absolute atomic E-state index is 0.0197. The van der Waals surface area contributed by atoms with Gasteiger partial charge in [0.25, 0.3) is 0 Å². The molecule has 4 atom stereocenters. The van der Waals surface area contributed by atoms with Gasteiger partial charge >= 0.3 is 12.1 Å². The van der Waals surface area contributed by atoms with E-state index in [1.807, 2.05) is 31.2 Å². The predicted molar refractivity (Wildman–Crippen MR) is 126 cm³/mol. The van der Waals surface area contributed by atoms with Gasteiger partial charge in [-0.05, 0) is 41.0 Å². The second-order valence-electron chi connectivity index (χ2n) is 9.63. The van der Waals surface area contributed by atoms with Crippen LogP contribution in [0.4, 0.5) is 4.79 Å². The van der Waals surface area contributed by atoms with E-state index in [0.29, 0.717) is 13.0 Å².